The quantitative estimate of drug-likeness (QED) is 0.280. The maximum Gasteiger partial charge on any atom is 0.322 e. The first kappa shape index (κ1) is 28.9. The normalized spacial score (nSPS) is 10.7. The molecular formula is C29H36ClN3O5. The molecule has 9 heteroatoms. The zero-order valence-corrected chi connectivity index (χ0v) is 23.2. The number of nitrogens with one attached hydrogen (secondary N) is 1. The van der Waals surface area contributed by atoms with Gasteiger partial charge in [0, 0.05) is 23.8 Å². The number of urea groups is 1. The van der Waals surface area contributed by atoms with E-state index in [0.29, 0.717) is 54.0 Å². The molecular weight excluding hydrogens is 506 g/mol. The number of ether oxygens (including phenoxy) is 2. The predicted octanol–water partition coefficient (Wildman–Crippen LogP) is 6.16. The molecule has 38 heavy (non-hydrogen) atoms. The maximum absolute atomic E-state index is 13.6. The van der Waals surface area contributed by atoms with Crippen molar-refractivity contribution in [2.45, 2.75) is 39.7 Å². The fraction of sp³-hybridized carbons (Fsp3) is 0.379. The second kappa shape index (κ2) is 14.3. The van der Waals surface area contributed by atoms with Gasteiger partial charge in [0.1, 0.15) is 18.1 Å². The van der Waals surface area contributed by atoms with Crippen LogP contribution in [0, 0.1) is 6.92 Å². The zero-order valence-electron chi connectivity index (χ0n) is 22.5. The lowest BCUT2D eigenvalue weighted by atomic mass is 10.1. The lowest BCUT2D eigenvalue weighted by molar-refractivity contribution is -0.132. The summed E-state index contributed by atoms with van der Waals surface area (Å²) in [7, 11) is 3.19. The van der Waals surface area contributed by atoms with Crippen molar-refractivity contribution in [1.29, 1.82) is 0 Å². The highest BCUT2D eigenvalue weighted by Crippen LogP contribution is 2.28. The molecule has 0 radical (unpaired) electrons. The van der Waals surface area contributed by atoms with E-state index in [9.17, 15) is 9.59 Å². The van der Waals surface area contributed by atoms with E-state index in [-0.39, 0.29) is 18.5 Å². The van der Waals surface area contributed by atoms with E-state index in [4.69, 9.17) is 25.5 Å². The Kier molecular flexibility index (Phi) is 10.9. The summed E-state index contributed by atoms with van der Waals surface area (Å²) in [5.74, 6) is 2.57. The van der Waals surface area contributed by atoms with E-state index in [1.165, 1.54) is 0 Å². The third-order valence-corrected chi connectivity index (χ3v) is 6.32. The number of hydrogen-bond donors (Lipinski definition) is 1. The molecule has 0 atom stereocenters. The van der Waals surface area contributed by atoms with Crippen molar-refractivity contribution in [2.75, 3.05) is 39.2 Å². The summed E-state index contributed by atoms with van der Waals surface area (Å²) >= 11 is 6.07. The number of carbonyl (C=O) groups excluding carboxylic acids is 2. The Morgan fingerprint density at radius 3 is 2.42 bits per heavy atom. The Labute approximate surface area is 229 Å². The Morgan fingerprint density at radius 1 is 0.974 bits per heavy atom. The molecule has 0 unspecified atom stereocenters. The van der Waals surface area contributed by atoms with Gasteiger partial charge in [-0.3, -0.25) is 4.79 Å². The number of benzene rings is 2. The molecule has 1 aromatic heterocycles. The van der Waals surface area contributed by atoms with Gasteiger partial charge < -0.3 is 29.0 Å². The third-order valence-electron chi connectivity index (χ3n) is 6.08. The number of carbonyl (C=O) groups is 2. The number of halogens is 1. The highest BCUT2D eigenvalue weighted by Gasteiger charge is 2.22. The molecule has 0 saturated carbocycles. The smallest absolute Gasteiger partial charge is 0.322 e. The van der Waals surface area contributed by atoms with Crippen LogP contribution in [0.3, 0.4) is 0 Å². The fourth-order valence-corrected chi connectivity index (χ4v) is 4.17. The summed E-state index contributed by atoms with van der Waals surface area (Å²) in [6, 6.07) is 16.0. The highest BCUT2D eigenvalue weighted by atomic mass is 35.5. The van der Waals surface area contributed by atoms with Crippen LogP contribution in [0.4, 0.5) is 10.5 Å². The van der Waals surface area contributed by atoms with Gasteiger partial charge in [0.15, 0.2) is 11.5 Å². The van der Waals surface area contributed by atoms with E-state index in [2.05, 4.69) is 5.32 Å². The Morgan fingerprint density at radius 2 is 1.76 bits per heavy atom. The first-order valence-corrected chi connectivity index (χ1v) is 13.1. The van der Waals surface area contributed by atoms with Gasteiger partial charge in [0.2, 0.25) is 5.91 Å². The number of amides is 3. The van der Waals surface area contributed by atoms with Gasteiger partial charge >= 0.3 is 6.03 Å². The van der Waals surface area contributed by atoms with Crippen molar-refractivity contribution >= 4 is 29.2 Å². The van der Waals surface area contributed by atoms with Crippen LogP contribution in [0.25, 0.3) is 0 Å². The van der Waals surface area contributed by atoms with Crippen molar-refractivity contribution in [1.82, 2.24) is 9.80 Å². The third kappa shape index (κ3) is 8.45. The van der Waals surface area contributed by atoms with Gasteiger partial charge in [0.05, 0.1) is 20.8 Å². The molecule has 3 rings (SSSR count). The average Bonchev–Trinajstić information content (AvgIpc) is 3.32. The molecule has 0 aliphatic carbocycles. The standard InChI is InChI=1S/C29H36ClN3O5/c1-5-6-15-33(29(35)31-24-9-7-8-23(30)18-24)20-28(34)32(19-25-12-10-21(2)38-25)16-14-22-11-13-26(36-3)27(17-22)37-4/h7-13,17-18H,5-6,14-16,19-20H2,1-4H3,(H,31,35). The minimum atomic E-state index is -0.345. The van der Waals surface area contributed by atoms with Crippen molar-refractivity contribution in [2.24, 2.45) is 0 Å². The molecule has 0 bridgehead atoms. The second-order valence-electron chi connectivity index (χ2n) is 8.98. The topological polar surface area (TPSA) is 84.2 Å². The number of anilines is 1. The Balaban J connectivity index is 1.75. The van der Waals surface area contributed by atoms with Crippen LogP contribution in [0.1, 0.15) is 36.8 Å². The van der Waals surface area contributed by atoms with E-state index in [1.54, 1.807) is 48.3 Å². The molecule has 0 fully saturated rings. The van der Waals surface area contributed by atoms with Gasteiger partial charge in [-0.25, -0.2) is 4.79 Å². The fourth-order valence-electron chi connectivity index (χ4n) is 3.98. The zero-order chi connectivity index (χ0) is 27.5. The second-order valence-corrected chi connectivity index (χ2v) is 9.42. The lowest BCUT2D eigenvalue weighted by Crippen LogP contribution is -2.45. The molecule has 3 aromatic rings. The number of nitrogens with zero attached hydrogens (tertiary/aromatic N) is 2. The predicted molar refractivity (Wildman–Crippen MR) is 149 cm³/mol. The van der Waals surface area contributed by atoms with E-state index in [1.807, 2.05) is 44.2 Å². The molecule has 8 nitrogen and oxygen atoms in total. The van der Waals surface area contributed by atoms with Gasteiger partial charge in [-0.1, -0.05) is 37.1 Å². The van der Waals surface area contributed by atoms with Crippen molar-refractivity contribution in [3.05, 3.63) is 76.7 Å². The van der Waals surface area contributed by atoms with Crippen LogP contribution in [0.2, 0.25) is 5.02 Å². The lowest BCUT2D eigenvalue weighted by Gasteiger charge is -2.27. The summed E-state index contributed by atoms with van der Waals surface area (Å²) in [5.41, 5.74) is 1.57. The largest absolute Gasteiger partial charge is 0.493 e. The summed E-state index contributed by atoms with van der Waals surface area (Å²) < 4.78 is 16.5. The molecule has 3 amide bonds. The molecule has 0 spiro atoms. The molecule has 0 aliphatic rings. The summed E-state index contributed by atoms with van der Waals surface area (Å²) in [4.78, 5) is 30.0. The van der Waals surface area contributed by atoms with Crippen LogP contribution in [-0.2, 0) is 17.8 Å². The average molecular weight is 542 g/mol. The van der Waals surface area contributed by atoms with Gasteiger partial charge in [0.25, 0.3) is 0 Å². The highest BCUT2D eigenvalue weighted by molar-refractivity contribution is 6.30. The van der Waals surface area contributed by atoms with Gasteiger partial charge in [-0.05, 0) is 67.8 Å². The van der Waals surface area contributed by atoms with Crippen LogP contribution in [0.15, 0.2) is 59.0 Å². The summed E-state index contributed by atoms with van der Waals surface area (Å²) in [6.45, 7) is 5.05. The van der Waals surface area contributed by atoms with Crippen molar-refractivity contribution in [3.63, 3.8) is 0 Å². The number of hydrogen-bond acceptors (Lipinski definition) is 5. The van der Waals surface area contributed by atoms with Crippen LogP contribution in [0.5, 0.6) is 11.5 Å². The first-order chi connectivity index (χ1) is 18.3. The number of methoxy groups -OCH3 is 2. The minimum Gasteiger partial charge on any atom is -0.493 e. The Bertz CT molecular complexity index is 1210. The number of furan rings is 1. The first-order valence-electron chi connectivity index (χ1n) is 12.7. The minimum absolute atomic E-state index is 0.0575. The Hall–Kier alpha value is -3.65. The van der Waals surface area contributed by atoms with E-state index >= 15 is 0 Å². The molecule has 0 aliphatic heterocycles. The molecule has 2 aromatic carbocycles. The number of rotatable bonds is 13. The molecule has 1 heterocycles. The van der Waals surface area contributed by atoms with Gasteiger partial charge in [-0.2, -0.15) is 0 Å². The molecule has 204 valence electrons. The van der Waals surface area contributed by atoms with Crippen LogP contribution < -0.4 is 14.8 Å². The summed E-state index contributed by atoms with van der Waals surface area (Å²) in [6.07, 6.45) is 2.26. The van der Waals surface area contributed by atoms with Crippen LogP contribution in [-0.4, -0.2) is 55.6 Å². The molecule has 1 N–H and O–H groups in total. The SMILES string of the molecule is CCCCN(CC(=O)N(CCc1ccc(OC)c(OC)c1)Cc1ccc(C)o1)C(=O)Nc1cccc(Cl)c1. The molecule has 0 saturated heterocycles. The van der Waals surface area contributed by atoms with Crippen molar-refractivity contribution < 1.29 is 23.5 Å². The van der Waals surface area contributed by atoms with Crippen LogP contribution >= 0.6 is 11.6 Å². The van der Waals surface area contributed by atoms with E-state index < -0.39 is 0 Å². The van der Waals surface area contributed by atoms with Gasteiger partial charge in [-0.15, -0.1) is 0 Å². The van der Waals surface area contributed by atoms with E-state index in [0.717, 1.165) is 24.2 Å². The maximum atomic E-state index is 13.6. The van der Waals surface area contributed by atoms with Crippen molar-refractivity contribution in [3.8, 4) is 11.5 Å². The monoisotopic (exact) mass is 541 g/mol. The summed E-state index contributed by atoms with van der Waals surface area (Å²) in [5, 5.41) is 3.38. The number of aryl methyl sites for hydroxylation is 1. The number of unbranched alkanes of at least 4 members (excludes halogenated alkanes) is 1.